The molecule has 3 nitrogen and oxygen atoms in total. The summed E-state index contributed by atoms with van der Waals surface area (Å²) in [6, 6.07) is 13.1. The SMILES string of the molecule is Cc1ccc(CC2C(=O)NCC2c2ccc(C)c(OC3CCCC3)c2)cc1C. The summed E-state index contributed by atoms with van der Waals surface area (Å²) in [6.45, 7) is 7.08. The molecule has 3 heteroatoms. The van der Waals surface area contributed by atoms with Crippen molar-refractivity contribution in [3.8, 4) is 5.75 Å². The third-order valence-corrected chi connectivity index (χ3v) is 6.58. The van der Waals surface area contributed by atoms with Gasteiger partial charge in [0.1, 0.15) is 5.75 Å². The third-order valence-electron chi connectivity index (χ3n) is 6.58. The summed E-state index contributed by atoms with van der Waals surface area (Å²) < 4.78 is 6.31. The number of hydrogen-bond donors (Lipinski definition) is 1. The first-order valence-corrected chi connectivity index (χ1v) is 10.6. The highest BCUT2D eigenvalue weighted by atomic mass is 16.5. The molecule has 28 heavy (non-hydrogen) atoms. The summed E-state index contributed by atoms with van der Waals surface area (Å²) in [4.78, 5) is 12.6. The minimum absolute atomic E-state index is 0.0239. The quantitative estimate of drug-likeness (QED) is 0.796. The van der Waals surface area contributed by atoms with Crippen molar-refractivity contribution < 1.29 is 9.53 Å². The molecule has 148 valence electrons. The summed E-state index contributed by atoms with van der Waals surface area (Å²) in [6.07, 6.45) is 5.98. The number of carbonyl (C=O) groups excluding carboxylic acids is 1. The van der Waals surface area contributed by atoms with Gasteiger partial charge in [-0.2, -0.15) is 0 Å². The molecule has 1 saturated heterocycles. The Labute approximate surface area is 168 Å². The van der Waals surface area contributed by atoms with Crippen LogP contribution in [0.4, 0.5) is 0 Å². The fourth-order valence-corrected chi connectivity index (χ4v) is 4.60. The molecular weight excluding hydrogens is 346 g/mol. The first-order chi connectivity index (χ1) is 13.5. The monoisotopic (exact) mass is 377 g/mol. The molecule has 4 rings (SSSR count). The number of nitrogens with one attached hydrogen (secondary N) is 1. The van der Waals surface area contributed by atoms with E-state index in [9.17, 15) is 4.79 Å². The van der Waals surface area contributed by atoms with E-state index in [1.165, 1.54) is 40.7 Å². The number of rotatable bonds is 5. The second-order valence-electron chi connectivity index (χ2n) is 8.63. The summed E-state index contributed by atoms with van der Waals surface area (Å²) in [5, 5.41) is 3.09. The Morgan fingerprint density at radius 1 is 0.964 bits per heavy atom. The van der Waals surface area contributed by atoms with Crippen molar-refractivity contribution in [2.24, 2.45) is 5.92 Å². The van der Waals surface area contributed by atoms with E-state index < -0.39 is 0 Å². The second-order valence-corrected chi connectivity index (χ2v) is 8.63. The van der Waals surface area contributed by atoms with Crippen molar-refractivity contribution in [2.75, 3.05) is 6.54 Å². The lowest BCUT2D eigenvalue weighted by atomic mass is 9.83. The van der Waals surface area contributed by atoms with Gasteiger partial charge in [0.2, 0.25) is 5.91 Å². The van der Waals surface area contributed by atoms with Crippen molar-refractivity contribution in [3.63, 3.8) is 0 Å². The number of benzene rings is 2. The van der Waals surface area contributed by atoms with Gasteiger partial charge in [-0.1, -0.05) is 30.3 Å². The second kappa shape index (κ2) is 7.98. The lowest BCUT2D eigenvalue weighted by Crippen LogP contribution is -2.21. The standard InChI is InChI=1S/C25H31NO2/c1-16-8-10-19(12-18(16)3)13-22-23(15-26-25(22)27)20-11-9-17(2)24(14-20)28-21-6-4-5-7-21/h8-12,14,21-23H,4-7,13,15H2,1-3H3,(H,26,27). The zero-order valence-electron chi connectivity index (χ0n) is 17.3. The highest BCUT2D eigenvalue weighted by Crippen LogP contribution is 2.35. The zero-order valence-corrected chi connectivity index (χ0v) is 17.3. The van der Waals surface area contributed by atoms with Gasteiger partial charge in [0.25, 0.3) is 0 Å². The maximum atomic E-state index is 12.6. The fraction of sp³-hybridized carbons (Fsp3) is 0.480. The van der Waals surface area contributed by atoms with E-state index in [0.29, 0.717) is 12.6 Å². The van der Waals surface area contributed by atoms with Crippen molar-refractivity contribution in [1.82, 2.24) is 5.32 Å². The van der Waals surface area contributed by atoms with E-state index in [0.717, 1.165) is 25.0 Å². The Hall–Kier alpha value is -2.29. The molecule has 0 radical (unpaired) electrons. The first-order valence-electron chi connectivity index (χ1n) is 10.6. The Morgan fingerprint density at radius 3 is 2.46 bits per heavy atom. The van der Waals surface area contributed by atoms with Crippen molar-refractivity contribution in [3.05, 3.63) is 64.2 Å². The lowest BCUT2D eigenvalue weighted by molar-refractivity contribution is -0.122. The number of ether oxygens (including phenoxy) is 1. The minimum atomic E-state index is -0.0239. The Bertz CT molecular complexity index is 867. The molecule has 0 aromatic heterocycles. The number of aryl methyl sites for hydroxylation is 3. The predicted octanol–water partition coefficient (Wildman–Crippen LogP) is 5.01. The van der Waals surface area contributed by atoms with Crippen LogP contribution in [0.5, 0.6) is 5.75 Å². The molecule has 1 saturated carbocycles. The lowest BCUT2D eigenvalue weighted by Gasteiger charge is -2.21. The molecule has 2 unspecified atom stereocenters. The smallest absolute Gasteiger partial charge is 0.224 e. The van der Waals surface area contributed by atoms with Gasteiger partial charge in [0.15, 0.2) is 0 Å². The van der Waals surface area contributed by atoms with E-state index in [4.69, 9.17) is 4.74 Å². The Morgan fingerprint density at radius 2 is 1.71 bits per heavy atom. The van der Waals surface area contributed by atoms with Gasteiger partial charge < -0.3 is 10.1 Å². The van der Waals surface area contributed by atoms with Crippen molar-refractivity contribution in [2.45, 2.75) is 64.9 Å². The average molecular weight is 378 g/mol. The van der Waals surface area contributed by atoms with Crippen LogP contribution >= 0.6 is 0 Å². The third kappa shape index (κ3) is 3.94. The fourth-order valence-electron chi connectivity index (χ4n) is 4.60. The van der Waals surface area contributed by atoms with Gasteiger partial charge >= 0.3 is 0 Å². The average Bonchev–Trinajstić information content (AvgIpc) is 3.31. The normalized spacial score (nSPS) is 22.5. The summed E-state index contributed by atoms with van der Waals surface area (Å²) in [5.74, 6) is 1.33. The van der Waals surface area contributed by atoms with Crippen LogP contribution in [0.3, 0.4) is 0 Å². The number of carbonyl (C=O) groups is 1. The molecule has 0 spiro atoms. The molecule has 2 aromatic carbocycles. The van der Waals surface area contributed by atoms with E-state index in [2.05, 4.69) is 62.5 Å². The molecule has 0 bridgehead atoms. The van der Waals surface area contributed by atoms with Crippen molar-refractivity contribution in [1.29, 1.82) is 0 Å². The number of amides is 1. The predicted molar refractivity (Wildman–Crippen MR) is 113 cm³/mol. The van der Waals surface area contributed by atoms with Crippen LogP contribution in [0, 0.1) is 26.7 Å². The molecule has 2 aliphatic rings. The minimum Gasteiger partial charge on any atom is -0.490 e. The Balaban J connectivity index is 1.56. The van der Waals surface area contributed by atoms with Gasteiger partial charge in [0, 0.05) is 12.5 Å². The molecular formula is C25H31NO2. The highest BCUT2D eigenvalue weighted by molar-refractivity contribution is 5.82. The van der Waals surface area contributed by atoms with E-state index >= 15 is 0 Å². The van der Waals surface area contributed by atoms with Crippen LogP contribution < -0.4 is 10.1 Å². The van der Waals surface area contributed by atoms with Crippen LogP contribution in [0.15, 0.2) is 36.4 Å². The highest BCUT2D eigenvalue weighted by Gasteiger charge is 2.36. The van der Waals surface area contributed by atoms with Crippen LogP contribution in [0.1, 0.15) is 59.4 Å². The van der Waals surface area contributed by atoms with Crippen LogP contribution in [-0.4, -0.2) is 18.6 Å². The largest absolute Gasteiger partial charge is 0.490 e. The molecule has 1 heterocycles. The van der Waals surface area contributed by atoms with E-state index in [1.54, 1.807) is 0 Å². The van der Waals surface area contributed by atoms with Gasteiger partial charge in [0.05, 0.1) is 12.0 Å². The molecule has 2 fully saturated rings. The van der Waals surface area contributed by atoms with E-state index in [1.807, 2.05) is 0 Å². The van der Waals surface area contributed by atoms with Gasteiger partial charge in [-0.3, -0.25) is 4.79 Å². The topological polar surface area (TPSA) is 38.3 Å². The number of hydrogen-bond acceptors (Lipinski definition) is 2. The molecule has 1 aliphatic heterocycles. The maximum absolute atomic E-state index is 12.6. The maximum Gasteiger partial charge on any atom is 0.224 e. The molecule has 1 aliphatic carbocycles. The molecule has 1 amide bonds. The summed E-state index contributed by atoms with van der Waals surface area (Å²) >= 11 is 0. The first kappa shape index (κ1) is 19.0. The molecule has 1 N–H and O–H groups in total. The van der Waals surface area contributed by atoms with Crippen LogP contribution in [-0.2, 0) is 11.2 Å². The van der Waals surface area contributed by atoms with Crippen molar-refractivity contribution >= 4 is 5.91 Å². The van der Waals surface area contributed by atoms with Gasteiger partial charge in [-0.15, -0.1) is 0 Å². The zero-order chi connectivity index (χ0) is 19.7. The molecule has 2 aromatic rings. The van der Waals surface area contributed by atoms with Crippen LogP contribution in [0.25, 0.3) is 0 Å². The van der Waals surface area contributed by atoms with Gasteiger partial charge in [-0.25, -0.2) is 0 Å². The van der Waals surface area contributed by atoms with Gasteiger partial charge in [-0.05, 0) is 86.8 Å². The summed E-state index contributed by atoms with van der Waals surface area (Å²) in [7, 11) is 0. The van der Waals surface area contributed by atoms with E-state index in [-0.39, 0.29) is 17.7 Å². The summed E-state index contributed by atoms with van der Waals surface area (Å²) in [5.41, 5.74) is 6.22. The van der Waals surface area contributed by atoms with Crippen LogP contribution in [0.2, 0.25) is 0 Å². The molecule has 2 atom stereocenters. The Kier molecular flexibility index (Phi) is 5.43.